The number of ether oxygens (including phenoxy) is 1. The lowest BCUT2D eigenvalue weighted by Crippen LogP contribution is -2.60. The zero-order valence-corrected chi connectivity index (χ0v) is 12.3. The molecule has 2 rings (SSSR count). The predicted molar refractivity (Wildman–Crippen MR) is 70.6 cm³/mol. The maximum absolute atomic E-state index is 12.4. The molecular weight excluding hydrogens is 302 g/mol. The third-order valence-electron chi connectivity index (χ3n) is 3.69. The van der Waals surface area contributed by atoms with Crippen LogP contribution in [0.2, 0.25) is 0 Å². The van der Waals surface area contributed by atoms with Crippen molar-refractivity contribution in [3.8, 4) is 0 Å². The fraction of sp³-hybridized carbons (Fsp3) is 0.727. The summed E-state index contributed by atoms with van der Waals surface area (Å²) in [6.07, 6.45) is 0.708. The standard InChI is InChI=1S/C11H17N3O6S/c1-20-10(16)7-2-4-14(5-3-7)21(18,19)8-6-12-11(17)13-9(8)15/h7-8H,2-6H2,1H3,(H2,12,13,15,17). The van der Waals surface area contributed by atoms with Gasteiger partial charge in [0.2, 0.25) is 15.9 Å². The van der Waals surface area contributed by atoms with Crippen molar-refractivity contribution in [2.24, 2.45) is 5.92 Å². The van der Waals surface area contributed by atoms with E-state index in [9.17, 15) is 22.8 Å². The summed E-state index contributed by atoms with van der Waals surface area (Å²) in [4.78, 5) is 34.0. The zero-order chi connectivity index (χ0) is 15.6. The van der Waals surface area contributed by atoms with Crippen molar-refractivity contribution >= 4 is 27.9 Å². The van der Waals surface area contributed by atoms with Crippen LogP contribution < -0.4 is 10.6 Å². The minimum Gasteiger partial charge on any atom is -0.469 e. The van der Waals surface area contributed by atoms with Gasteiger partial charge in [-0.25, -0.2) is 17.5 Å². The van der Waals surface area contributed by atoms with Gasteiger partial charge in [0.15, 0.2) is 5.25 Å². The van der Waals surface area contributed by atoms with E-state index >= 15 is 0 Å². The van der Waals surface area contributed by atoms with E-state index in [-0.39, 0.29) is 31.5 Å². The smallest absolute Gasteiger partial charge is 0.321 e. The normalized spacial score (nSPS) is 25.1. The van der Waals surface area contributed by atoms with Gasteiger partial charge in [-0.05, 0) is 12.8 Å². The number of sulfonamides is 1. The highest BCUT2D eigenvalue weighted by atomic mass is 32.2. The topological polar surface area (TPSA) is 122 Å². The van der Waals surface area contributed by atoms with Crippen molar-refractivity contribution in [1.82, 2.24) is 14.9 Å². The molecule has 0 saturated carbocycles. The second-order valence-corrected chi connectivity index (χ2v) is 7.04. The van der Waals surface area contributed by atoms with E-state index < -0.39 is 27.2 Å². The molecule has 0 aromatic heterocycles. The highest BCUT2D eigenvalue weighted by Gasteiger charge is 2.42. The van der Waals surface area contributed by atoms with E-state index in [0.29, 0.717) is 12.8 Å². The fourth-order valence-corrected chi connectivity index (χ4v) is 4.15. The molecule has 3 amide bonds. The predicted octanol–water partition coefficient (Wildman–Crippen LogP) is -1.59. The number of carbonyl (C=O) groups excluding carboxylic acids is 3. The molecule has 118 valence electrons. The Morgan fingerprint density at radius 1 is 1.29 bits per heavy atom. The minimum absolute atomic E-state index is 0.153. The van der Waals surface area contributed by atoms with Gasteiger partial charge in [-0.2, -0.15) is 0 Å². The number of nitrogens with one attached hydrogen (secondary N) is 2. The van der Waals surface area contributed by atoms with Gasteiger partial charge in [-0.3, -0.25) is 14.9 Å². The lowest BCUT2D eigenvalue weighted by atomic mass is 9.99. The first-order valence-corrected chi connectivity index (χ1v) is 8.02. The Kier molecular flexibility index (Phi) is 4.47. The summed E-state index contributed by atoms with van der Waals surface area (Å²) in [6, 6.07) is -0.698. The Bertz CT molecular complexity index is 552. The maximum Gasteiger partial charge on any atom is 0.321 e. The highest BCUT2D eigenvalue weighted by Crippen LogP contribution is 2.23. The largest absolute Gasteiger partial charge is 0.469 e. The van der Waals surface area contributed by atoms with Crippen molar-refractivity contribution in [1.29, 1.82) is 0 Å². The molecule has 0 bridgehead atoms. The molecule has 2 aliphatic heterocycles. The van der Waals surface area contributed by atoms with Crippen molar-refractivity contribution in [2.45, 2.75) is 18.1 Å². The zero-order valence-electron chi connectivity index (χ0n) is 11.5. The third kappa shape index (κ3) is 3.16. The first-order chi connectivity index (χ1) is 9.86. The summed E-state index contributed by atoms with van der Waals surface area (Å²) >= 11 is 0. The van der Waals surface area contributed by atoms with Crippen molar-refractivity contribution in [3.63, 3.8) is 0 Å². The van der Waals surface area contributed by atoms with Gasteiger partial charge in [0.05, 0.1) is 13.0 Å². The molecule has 21 heavy (non-hydrogen) atoms. The number of imide groups is 1. The molecular formula is C11H17N3O6S. The van der Waals surface area contributed by atoms with E-state index in [4.69, 9.17) is 0 Å². The van der Waals surface area contributed by atoms with Gasteiger partial charge >= 0.3 is 12.0 Å². The molecule has 2 heterocycles. The molecule has 2 aliphatic rings. The van der Waals surface area contributed by atoms with Crippen LogP contribution in [-0.4, -0.2) is 62.6 Å². The Labute approximate surface area is 122 Å². The molecule has 2 fully saturated rings. The lowest BCUT2D eigenvalue weighted by Gasteiger charge is -2.33. The average Bonchev–Trinajstić information content (AvgIpc) is 2.46. The van der Waals surface area contributed by atoms with E-state index in [0.717, 1.165) is 0 Å². The summed E-state index contributed by atoms with van der Waals surface area (Å²) in [5, 5.41) is 2.91. The number of esters is 1. The Morgan fingerprint density at radius 2 is 1.90 bits per heavy atom. The van der Waals surface area contributed by atoms with Crippen molar-refractivity contribution < 1.29 is 27.5 Å². The van der Waals surface area contributed by atoms with Crippen LogP contribution >= 0.6 is 0 Å². The van der Waals surface area contributed by atoms with E-state index in [1.54, 1.807) is 0 Å². The molecule has 2 N–H and O–H groups in total. The Balaban J connectivity index is 2.03. The van der Waals surface area contributed by atoms with E-state index in [1.165, 1.54) is 11.4 Å². The summed E-state index contributed by atoms with van der Waals surface area (Å²) in [5.41, 5.74) is 0. The van der Waals surface area contributed by atoms with Gasteiger partial charge in [-0.1, -0.05) is 0 Å². The lowest BCUT2D eigenvalue weighted by molar-refractivity contribution is -0.146. The molecule has 1 unspecified atom stereocenters. The summed E-state index contributed by atoms with van der Waals surface area (Å²) in [7, 11) is -2.57. The summed E-state index contributed by atoms with van der Waals surface area (Å²) < 4.78 is 30.6. The molecule has 0 aromatic rings. The molecule has 0 radical (unpaired) electrons. The number of hydrogen-bond acceptors (Lipinski definition) is 6. The number of urea groups is 1. The monoisotopic (exact) mass is 319 g/mol. The molecule has 9 nitrogen and oxygen atoms in total. The number of methoxy groups -OCH3 is 1. The van der Waals surface area contributed by atoms with Crippen molar-refractivity contribution in [2.75, 3.05) is 26.7 Å². The highest BCUT2D eigenvalue weighted by molar-refractivity contribution is 7.90. The molecule has 1 atom stereocenters. The molecule has 0 aliphatic carbocycles. The molecule has 2 saturated heterocycles. The Hall–Kier alpha value is -1.68. The minimum atomic E-state index is -3.86. The van der Waals surface area contributed by atoms with Gasteiger partial charge in [0.25, 0.3) is 0 Å². The van der Waals surface area contributed by atoms with Crippen LogP contribution in [0.3, 0.4) is 0 Å². The number of rotatable bonds is 3. The van der Waals surface area contributed by atoms with Gasteiger partial charge in [0, 0.05) is 19.6 Å². The second kappa shape index (κ2) is 5.98. The summed E-state index contributed by atoms with van der Waals surface area (Å²) in [6.45, 7) is 0.0591. The number of piperidine rings is 1. The third-order valence-corrected chi connectivity index (χ3v) is 5.87. The van der Waals surface area contributed by atoms with Crippen LogP contribution in [0.4, 0.5) is 4.79 Å². The van der Waals surface area contributed by atoms with Gasteiger partial charge < -0.3 is 10.1 Å². The average molecular weight is 319 g/mol. The fourth-order valence-electron chi connectivity index (χ4n) is 2.45. The number of hydrogen-bond donors (Lipinski definition) is 2. The van der Waals surface area contributed by atoms with Crippen LogP contribution in [0.5, 0.6) is 0 Å². The van der Waals surface area contributed by atoms with Gasteiger partial charge in [-0.15, -0.1) is 0 Å². The van der Waals surface area contributed by atoms with Gasteiger partial charge in [0.1, 0.15) is 0 Å². The summed E-state index contributed by atoms with van der Waals surface area (Å²) in [5.74, 6) is -1.50. The van der Waals surface area contributed by atoms with Crippen LogP contribution in [0.15, 0.2) is 0 Å². The maximum atomic E-state index is 12.4. The number of amides is 3. The van der Waals surface area contributed by atoms with Crippen LogP contribution in [0, 0.1) is 5.92 Å². The Morgan fingerprint density at radius 3 is 2.43 bits per heavy atom. The van der Waals surface area contributed by atoms with Crippen molar-refractivity contribution in [3.05, 3.63) is 0 Å². The first-order valence-electron chi connectivity index (χ1n) is 6.51. The number of nitrogens with zero attached hydrogens (tertiary/aromatic N) is 1. The van der Waals surface area contributed by atoms with E-state index in [1.807, 2.05) is 5.32 Å². The van der Waals surface area contributed by atoms with E-state index in [2.05, 4.69) is 10.1 Å². The van der Waals surface area contributed by atoms with Crippen LogP contribution in [0.1, 0.15) is 12.8 Å². The number of carbonyl (C=O) groups is 3. The second-order valence-electron chi connectivity index (χ2n) is 4.93. The SMILES string of the molecule is COC(=O)C1CCN(S(=O)(=O)C2CNC(=O)NC2=O)CC1. The molecule has 0 spiro atoms. The first kappa shape index (κ1) is 15.7. The molecule has 0 aromatic carbocycles. The quantitative estimate of drug-likeness (QED) is 0.605. The molecule has 10 heteroatoms. The van der Waals surface area contributed by atoms with Crippen LogP contribution in [-0.2, 0) is 24.3 Å². The van der Waals surface area contributed by atoms with Crippen LogP contribution in [0.25, 0.3) is 0 Å².